The number of nitrogens with one attached hydrogen (secondary N) is 2. The molecule has 3 N–H and O–H groups in total. The molecule has 0 unspecified atom stereocenters. The summed E-state index contributed by atoms with van der Waals surface area (Å²) in [5.74, 6) is -0.211. The number of rotatable bonds is 5. The molecule has 0 atom stereocenters. The van der Waals surface area contributed by atoms with Gasteiger partial charge in [0.15, 0.2) is 0 Å². The highest BCUT2D eigenvalue weighted by molar-refractivity contribution is 6.34. The minimum absolute atomic E-state index is 0.138. The highest BCUT2D eigenvalue weighted by Gasteiger charge is 2.18. The van der Waals surface area contributed by atoms with E-state index in [1.54, 1.807) is 24.3 Å². The summed E-state index contributed by atoms with van der Waals surface area (Å²) >= 11 is 6.07. The van der Waals surface area contributed by atoms with Crippen LogP contribution in [0.2, 0.25) is 5.02 Å². The number of halogens is 1. The number of amides is 1. The van der Waals surface area contributed by atoms with Gasteiger partial charge in [-0.05, 0) is 55.5 Å². The zero-order valence-electron chi connectivity index (χ0n) is 14.0. The molecule has 2 aromatic carbocycles. The Morgan fingerprint density at radius 3 is 2.60 bits per heavy atom. The minimum Gasteiger partial charge on any atom is -0.393 e. The van der Waals surface area contributed by atoms with Crippen molar-refractivity contribution in [3.63, 3.8) is 0 Å². The van der Waals surface area contributed by atoms with E-state index in [2.05, 4.69) is 10.6 Å². The van der Waals surface area contributed by atoms with Gasteiger partial charge in [-0.3, -0.25) is 4.79 Å². The number of anilines is 1. The van der Waals surface area contributed by atoms with Crippen LogP contribution in [0.15, 0.2) is 48.5 Å². The second-order valence-corrected chi connectivity index (χ2v) is 6.93. The lowest BCUT2D eigenvalue weighted by Gasteiger charge is -2.26. The van der Waals surface area contributed by atoms with Crippen molar-refractivity contribution in [2.75, 3.05) is 5.32 Å². The molecule has 1 aliphatic rings. The maximum atomic E-state index is 12.3. The number of aliphatic hydroxyl groups excluding tert-OH is 1. The molecule has 3 rings (SSSR count). The first-order valence-electron chi connectivity index (χ1n) is 8.68. The van der Waals surface area contributed by atoms with Crippen LogP contribution in [0.3, 0.4) is 0 Å². The summed E-state index contributed by atoms with van der Waals surface area (Å²) in [5, 5.41) is 16.4. The topological polar surface area (TPSA) is 61.4 Å². The highest BCUT2D eigenvalue weighted by atomic mass is 35.5. The first-order chi connectivity index (χ1) is 12.1. The molecular formula is C20H23ClN2O2. The zero-order valence-corrected chi connectivity index (χ0v) is 14.8. The summed E-state index contributed by atoms with van der Waals surface area (Å²) in [6.07, 6.45) is 3.60. The van der Waals surface area contributed by atoms with Crippen molar-refractivity contribution in [3.05, 3.63) is 64.7 Å². The highest BCUT2D eigenvalue weighted by Crippen LogP contribution is 2.20. The second kappa shape index (κ2) is 8.48. The molecule has 0 aliphatic heterocycles. The minimum atomic E-state index is -0.211. The van der Waals surface area contributed by atoms with Crippen LogP contribution in [-0.2, 0) is 6.54 Å². The molecular weight excluding hydrogens is 336 g/mol. The van der Waals surface area contributed by atoms with Crippen molar-refractivity contribution < 1.29 is 9.90 Å². The van der Waals surface area contributed by atoms with Gasteiger partial charge in [0.25, 0.3) is 5.91 Å². The van der Waals surface area contributed by atoms with Gasteiger partial charge in [0.05, 0.1) is 16.7 Å². The molecule has 25 heavy (non-hydrogen) atoms. The lowest BCUT2D eigenvalue weighted by molar-refractivity contribution is 0.102. The van der Waals surface area contributed by atoms with Crippen LogP contribution in [-0.4, -0.2) is 23.2 Å². The van der Waals surface area contributed by atoms with E-state index in [1.807, 2.05) is 24.3 Å². The Morgan fingerprint density at radius 1 is 1.08 bits per heavy atom. The Labute approximate surface area is 153 Å². The summed E-state index contributed by atoms with van der Waals surface area (Å²) in [5.41, 5.74) is 2.33. The summed E-state index contributed by atoms with van der Waals surface area (Å²) in [6, 6.07) is 15.3. The van der Waals surface area contributed by atoms with Crippen molar-refractivity contribution in [2.24, 2.45) is 0 Å². The normalized spacial score (nSPS) is 20.2. The third kappa shape index (κ3) is 5.05. The monoisotopic (exact) mass is 358 g/mol. The molecule has 0 bridgehead atoms. The van der Waals surface area contributed by atoms with E-state index in [0.29, 0.717) is 16.6 Å². The molecule has 1 amide bonds. The number of carbonyl (C=O) groups excluding carboxylic acids is 1. The van der Waals surface area contributed by atoms with Gasteiger partial charge in [-0.1, -0.05) is 35.9 Å². The first kappa shape index (κ1) is 17.9. The molecule has 1 fully saturated rings. The predicted octanol–water partition coefficient (Wildman–Crippen LogP) is 3.99. The fourth-order valence-electron chi connectivity index (χ4n) is 3.14. The van der Waals surface area contributed by atoms with E-state index in [9.17, 15) is 9.90 Å². The standard InChI is InChI=1S/C20H23ClN2O2/c21-19-7-2-1-6-18(19)20(25)23-16-5-3-4-14(12-16)13-22-15-8-10-17(24)11-9-15/h1-7,12,15,17,22,24H,8-11,13H2,(H,23,25). The molecule has 2 aromatic rings. The van der Waals surface area contributed by atoms with Gasteiger partial charge in [-0.2, -0.15) is 0 Å². The third-order valence-corrected chi connectivity index (χ3v) is 4.92. The van der Waals surface area contributed by atoms with Gasteiger partial charge < -0.3 is 15.7 Å². The Balaban J connectivity index is 1.58. The Hall–Kier alpha value is -1.88. The molecule has 0 heterocycles. The van der Waals surface area contributed by atoms with E-state index in [0.717, 1.165) is 43.5 Å². The SMILES string of the molecule is O=C(Nc1cccc(CNC2CCC(O)CC2)c1)c1ccccc1Cl. The Bertz CT molecular complexity index is 727. The van der Waals surface area contributed by atoms with E-state index in [1.165, 1.54) is 0 Å². The third-order valence-electron chi connectivity index (χ3n) is 4.59. The number of benzene rings is 2. The lowest BCUT2D eigenvalue weighted by Crippen LogP contribution is -2.34. The molecule has 1 aliphatic carbocycles. The first-order valence-corrected chi connectivity index (χ1v) is 9.06. The van der Waals surface area contributed by atoms with Gasteiger partial charge >= 0.3 is 0 Å². The van der Waals surface area contributed by atoms with Crippen LogP contribution in [0.1, 0.15) is 41.6 Å². The average molecular weight is 359 g/mol. The fourth-order valence-corrected chi connectivity index (χ4v) is 3.37. The van der Waals surface area contributed by atoms with Gasteiger partial charge in [0.1, 0.15) is 0 Å². The summed E-state index contributed by atoms with van der Waals surface area (Å²) in [7, 11) is 0. The van der Waals surface area contributed by atoms with Crippen LogP contribution in [0, 0.1) is 0 Å². The molecule has 1 saturated carbocycles. The molecule has 0 saturated heterocycles. The maximum Gasteiger partial charge on any atom is 0.257 e. The largest absolute Gasteiger partial charge is 0.393 e. The molecule has 0 aromatic heterocycles. The van der Waals surface area contributed by atoms with Crippen molar-refractivity contribution >= 4 is 23.2 Å². The van der Waals surface area contributed by atoms with Gasteiger partial charge in [-0.15, -0.1) is 0 Å². The molecule has 0 spiro atoms. The zero-order chi connectivity index (χ0) is 17.6. The van der Waals surface area contributed by atoms with Gasteiger partial charge in [0.2, 0.25) is 0 Å². The Kier molecular flexibility index (Phi) is 6.08. The lowest BCUT2D eigenvalue weighted by atomic mass is 9.93. The van der Waals surface area contributed by atoms with Crippen LogP contribution in [0.25, 0.3) is 0 Å². The molecule has 0 radical (unpaired) electrons. The summed E-state index contributed by atoms with van der Waals surface area (Å²) in [4.78, 5) is 12.3. The van der Waals surface area contributed by atoms with Gasteiger partial charge in [-0.25, -0.2) is 0 Å². The van der Waals surface area contributed by atoms with Gasteiger partial charge in [0, 0.05) is 18.3 Å². The van der Waals surface area contributed by atoms with Crippen molar-refractivity contribution in [3.8, 4) is 0 Å². The average Bonchev–Trinajstić information content (AvgIpc) is 2.62. The maximum absolute atomic E-state index is 12.3. The second-order valence-electron chi connectivity index (χ2n) is 6.52. The van der Waals surface area contributed by atoms with E-state index in [-0.39, 0.29) is 12.0 Å². The van der Waals surface area contributed by atoms with Crippen LogP contribution in [0.4, 0.5) is 5.69 Å². The number of hydrogen-bond acceptors (Lipinski definition) is 3. The summed E-state index contributed by atoms with van der Waals surface area (Å²) in [6.45, 7) is 0.747. The number of hydrogen-bond donors (Lipinski definition) is 3. The fraction of sp³-hybridized carbons (Fsp3) is 0.350. The Morgan fingerprint density at radius 2 is 1.84 bits per heavy atom. The number of aliphatic hydroxyl groups is 1. The quantitative estimate of drug-likeness (QED) is 0.757. The summed E-state index contributed by atoms with van der Waals surface area (Å²) < 4.78 is 0. The van der Waals surface area contributed by atoms with Crippen molar-refractivity contribution in [1.29, 1.82) is 0 Å². The number of carbonyl (C=O) groups is 1. The van der Waals surface area contributed by atoms with Crippen LogP contribution >= 0.6 is 11.6 Å². The van der Waals surface area contributed by atoms with E-state index < -0.39 is 0 Å². The van der Waals surface area contributed by atoms with Crippen LogP contribution < -0.4 is 10.6 Å². The molecule has 132 valence electrons. The molecule has 4 nitrogen and oxygen atoms in total. The smallest absolute Gasteiger partial charge is 0.257 e. The van der Waals surface area contributed by atoms with Crippen LogP contribution in [0.5, 0.6) is 0 Å². The molecule has 5 heteroatoms. The predicted molar refractivity (Wildman–Crippen MR) is 101 cm³/mol. The van der Waals surface area contributed by atoms with E-state index >= 15 is 0 Å². The van der Waals surface area contributed by atoms with Crippen molar-refractivity contribution in [2.45, 2.75) is 44.4 Å². The van der Waals surface area contributed by atoms with Crippen molar-refractivity contribution in [1.82, 2.24) is 5.32 Å². The van der Waals surface area contributed by atoms with E-state index in [4.69, 9.17) is 11.6 Å².